The average Bonchev–Trinajstić information content (AvgIpc) is 2.93. The Balaban J connectivity index is 1.52. The van der Waals surface area contributed by atoms with Crippen LogP contribution in [0.3, 0.4) is 0 Å². The number of hydrogen-bond acceptors (Lipinski definition) is 6. The second kappa shape index (κ2) is 9.69. The molecule has 2 heterocycles. The lowest BCUT2D eigenvalue weighted by Gasteiger charge is -2.36. The summed E-state index contributed by atoms with van der Waals surface area (Å²) in [5.41, 5.74) is 0.721. The van der Waals surface area contributed by atoms with Gasteiger partial charge in [-0.1, -0.05) is 30.3 Å². The van der Waals surface area contributed by atoms with Crippen LogP contribution in [0.15, 0.2) is 71.5 Å². The van der Waals surface area contributed by atoms with E-state index in [2.05, 4.69) is 5.10 Å². The molecule has 0 aliphatic carbocycles. The van der Waals surface area contributed by atoms with E-state index in [9.17, 15) is 14.0 Å². The molecule has 1 aliphatic rings. The molecule has 1 saturated heterocycles. The summed E-state index contributed by atoms with van der Waals surface area (Å²) in [6, 6.07) is 18.6. The van der Waals surface area contributed by atoms with Gasteiger partial charge in [0.15, 0.2) is 5.69 Å². The lowest BCUT2D eigenvalue weighted by atomic mass is 10.1. The lowest BCUT2D eigenvalue weighted by Crippen LogP contribution is -2.49. The van der Waals surface area contributed by atoms with Crippen LogP contribution in [-0.4, -0.2) is 61.0 Å². The monoisotopic (exact) mass is 488 g/mol. The van der Waals surface area contributed by atoms with E-state index in [1.807, 2.05) is 4.90 Å². The van der Waals surface area contributed by atoms with Gasteiger partial charge in [-0.05, 0) is 30.3 Å². The molecule has 4 aromatic rings. The SMILES string of the molecule is COc1ccc(-n2nc(C(=O)N3CCN(c4ccccc4F)CC3)c3ccccc3c2=O)c(OC)c1. The molecule has 0 saturated carbocycles. The lowest BCUT2D eigenvalue weighted by molar-refractivity contribution is 0.0741. The number of amides is 1. The van der Waals surface area contributed by atoms with Gasteiger partial charge in [0.25, 0.3) is 11.5 Å². The topological polar surface area (TPSA) is 76.9 Å². The number of nitrogens with zero attached hydrogens (tertiary/aromatic N) is 4. The van der Waals surface area contributed by atoms with Crippen molar-refractivity contribution in [2.24, 2.45) is 0 Å². The number of piperazine rings is 1. The summed E-state index contributed by atoms with van der Waals surface area (Å²) in [6.07, 6.45) is 0. The molecule has 1 amide bonds. The number of ether oxygens (including phenoxy) is 2. The molecule has 0 bridgehead atoms. The highest BCUT2D eigenvalue weighted by Crippen LogP contribution is 2.28. The molecule has 0 radical (unpaired) electrons. The van der Waals surface area contributed by atoms with E-state index in [1.165, 1.54) is 25.0 Å². The maximum Gasteiger partial charge on any atom is 0.279 e. The molecule has 0 atom stereocenters. The van der Waals surface area contributed by atoms with Crippen molar-refractivity contribution < 1.29 is 18.7 Å². The number of methoxy groups -OCH3 is 2. The van der Waals surface area contributed by atoms with Crippen LogP contribution in [-0.2, 0) is 0 Å². The van der Waals surface area contributed by atoms with Crippen molar-refractivity contribution in [1.29, 1.82) is 0 Å². The van der Waals surface area contributed by atoms with E-state index in [1.54, 1.807) is 65.6 Å². The van der Waals surface area contributed by atoms with Gasteiger partial charge >= 0.3 is 0 Å². The number of carbonyl (C=O) groups excluding carboxylic acids is 1. The van der Waals surface area contributed by atoms with E-state index in [-0.39, 0.29) is 23.0 Å². The first-order chi connectivity index (χ1) is 17.5. The third-order valence-electron chi connectivity index (χ3n) is 6.38. The minimum absolute atomic E-state index is 0.169. The number of benzene rings is 3. The summed E-state index contributed by atoms with van der Waals surface area (Å²) in [4.78, 5) is 30.7. The van der Waals surface area contributed by atoms with E-state index in [0.717, 1.165) is 0 Å². The van der Waals surface area contributed by atoms with Crippen molar-refractivity contribution >= 4 is 22.4 Å². The van der Waals surface area contributed by atoms with Crippen molar-refractivity contribution in [3.8, 4) is 17.2 Å². The van der Waals surface area contributed by atoms with Gasteiger partial charge in [-0.3, -0.25) is 9.59 Å². The predicted octanol–water partition coefficient (Wildman–Crippen LogP) is 3.50. The standard InChI is InChI=1S/C27H25FN4O4/c1-35-18-11-12-23(24(17-18)36-2)32-26(33)20-8-4-3-7-19(20)25(29-32)27(34)31-15-13-30(14-16-31)22-10-6-5-9-21(22)28/h3-12,17H,13-16H2,1-2H3. The summed E-state index contributed by atoms with van der Waals surface area (Å²) in [5.74, 6) is 0.371. The minimum Gasteiger partial charge on any atom is -0.497 e. The number of halogens is 1. The fourth-order valence-electron chi connectivity index (χ4n) is 4.48. The Morgan fingerprint density at radius 1 is 0.861 bits per heavy atom. The summed E-state index contributed by atoms with van der Waals surface area (Å²) in [5, 5.41) is 5.37. The van der Waals surface area contributed by atoms with Gasteiger partial charge in [0.05, 0.1) is 25.3 Å². The molecular weight excluding hydrogens is 463 g/mol. The van der Waals surface area contributed by atoms with Gasteiger partial charge < -0.3 is 19.3 Å². The van der Waals surface area contributed by atoms with Crippen LogP contribution < -0.4 is 19.9 Å². The van der Waals surface area contributed by atoms with Crippen LogP contribution in [0.4, 0.5) is 10.1 Å². The fraction of sp³-hybridized carbons (Fsp3) is 0.222. The molecule has 1 fully saturated rings. The van der Waals surface area contributed by atoms with E-state index in [4.69, 9.17) is 9.47 Å². The van der Waals surface area contributed by atoms with E-state index < -0.39 is 0 Å². The summed E-state index contributed by atoms with van der Waals surface area (Å²) in [6.45, 7) is 1.76. The second-order valence-electron chi connectivity index (χ2n) is 8.38. The zero-order chi connectivity index (χ0) is 25.2. The molecule has 9 heteroatoms. The molecule has 0 N–H and O–H groups in total. The zero-order valence-electron chi connectivity index (χ0n) is 20.0. The van der Waals surface area contributed by atoms with Gasteiger partial charge in [-0.25, -0.2) is 4.39 Å². The molecule has 0 unspecified atom stereocenters. The highest BCUT2D eigenvalue weighted by atomic mass is 19.1. The van der Waals surface area contributed by atoms with Crippen molar-refractivity contribution in [1.82, 2.24) is 14.7 Å². The molecule has 8 nitrogen and oxygen atoms in total. The quantitative estimate of drug-likeness (QED) is 0.428. The number of carbonyl (C=O) groups is 1. The smallest absolute Gasteiger partial charge is 0.279 e. The summed E-state index contributed by atoms with van der Waals surface area (Å²) >= 11 is 0. The second-order valence-corrected chi connectivity index (χ2v) is 8.38. The largest absolute Gasteiger partial charge is 0.497 e. The number of para-hydroxylation sites is 1. The van der Waals surface area contributed by atoms with Gasteiger partial charge in [-0.15, -0.1) is 0 Å². The fourth-order valence-corrected chi connectivity index (χ4v) is 4.48. The van der Waals surface area contributed by atoms with Crippen molar-refractivity contribution in [2.75, 3.05) is 45.3 Å². The van der Waals surface area contributed by atoms with Gasteiger partial charge in [0.2, 0.25) is 0 Å². The van der Waals surface area contributed by atoms with Gasteiger partial charge in [0.1, 0.15) is 23.0 Å². The van der Waals surface area contributed by atoms with Crippen molar-refractivity contribution in [3.05, 3.63) is 88.6 Å². The normalized spacial score (nSPS) is 13.6. The molecule has 5 rings (SSSR count). The maximum atomic E-state index is 14.2. The molecule has 36 heavy (non-hydrogen) atoms. The number of rotatable bonds is 5. The minimum atomic E-state index is -0.366. The van der Waals surface area contributed by atoms with Crippen LogP contribution >= 0.6 is 0 Å². The zero-order valence-corrected chi connectivity index (χ0v) is 20.0. The van der Waals surface area contributed by atoms with Gasteiger partial charge in [-0.2, -0.15) is 9.78 Å². The number of aromatic nitrogens is 2. The molecule has 184 valence electrons. The first-order valence-corrected chi connectivity index (χ1v) is 11.5. The third kappa shape index (κ3) is 4.13. The van der Waals surface area contributed by atoms with Crippen molar-refractivity contribution in [2.45, 2.75) is 0 Å². The Bertz CT molecular complexity index is 1500. The number of anilines is 1. The van der Waals surface area contributed by atoms with E-state index >= 15 is 0 Å². The first-order valence-electron chi connectivity index (χ1n) is 11.5. The molecule has 1 aliphatic heterocycles. The Kier molecular flexibility index (Phi) is 6.28. The van der Waals surface area contributed by atoms with Gasteiger partial charge in [0, 0.05) is 37.6 Å². The Morgan fingerprint density at radius 3 is 2.25 bits per heavy atom. The first kappa shape index (κ1) is 23.3. The maximum absolute atomic E-state index is 14.2. The van der Waals surface area contributed by atoms with Crippen LogP contribution in [0.2, 0.25) is 0 Å². The number of fused-ring (bicyclic) bond motifs is 1. The van der Waals surface area contributed by atoms with Crippen LogP contribution in [0.25, 0.3) is 16.5 Å². The molecule has 1 aromatic heterocycles. The summed E-state index contributed by atoms with van der Waals surface area (Å²) in [7, 11) is 3.03. The molecular formula is C27H25FN4O4. The van der Waals surface area contributed by atoms with E-state index in [0.29, 0.717) is 59.8 Å². The van der Waals surface area contributed by atoms with Crippen molar-refractivity contribution in [3.63, 3.8) is 0 Å². The van der Waals surface area contributed by atoms with Crippen LogP contribution in [0.5, 0.6) is 11.5 Å². The predicted molar refractivity (Wildman–Crippen MR) is 135 cm³/mol. The molecule has 0 spiro atoms. The number of hydrogen-bond donors (Lipinski definition) is 0. The molecule has 3 aromatic carbocycles. The highest BCUT2D eigenvalue weighted by molar-refractivity contribution is 6.05. The Hall–Kier alpha value is -4.40. The summed E-state index contributed by atoms with van der Waals surface area (Å²) < 4.78 is 26.2. The van der Waals surface area contributed by atoms with Crippen LogP contribution in [0, 0.1) is 5.82 Å². The Labute approximate surface area is 207 Å². The van der Waals surface area contributed by atoms with Crippen LogP contribution in [0.1, 0.15) is 10.5 Å². The highest BCUT2D eigenvalue weighted by Gasteiger charge is 2.27. The Morgan fingerprint density at radius 2 is 1.56 bits per heavy atom. The average molecular weight is 489 g/mol. The third-order valence-corrected chi connectivity index (χ3v) is 6.38.